The largest absolute Gasteiger partial charge is 0.392 e. The lowest BCUT2D eigenvalue weighted by Gasteiger charge is -2.16. The standard InChI is InChI=1S/C17H25NO2S/c1-4-12(3)21-13-8-9-15(11(2)10-13)18-17(20)14-6-5-7-16(14)19/h8-10,12,14,16,19H,4-7H2,1-3H3,(H,18,20). The van der Waals surface area contributed by atoms with Gasteiger partial charge in [0.1, 0.15) is 0 Å². The summed E-state index contributed by atoms with van der Waals surface area (Å²) in [4.78, 5) is 13.4. The van der Waals surface area contributed by atoms with E-state index >= 15 is 0 Å². The van der Waals surface area contributed by atoms with Crippen molar-refractivity contribution in [2.24, 2.45) is 5.92 Å². The Bertz CT molecular complexity index is 504. The molecule has 1 aromatic carbocycles. The van der Waals surface area contributed by atoms with Gasteiger partial charge in [-0.3, -0.25) is 4.79 Å². The maximum absolute atomic E-state index is 12.2. The number of aliphatic hydroxyl groups excluding tert-OH is 1. The Morgan fingerprint density at radius 1 is 1.48 bits per heavy atom. The molecule has 116 valence electrons. The molecule has 0 aromatic heterocycles. The third-order valence-corrected chi connectivity index (χ3v) is 5.45. The minimum Gasteiger partial charge on any atom is -0.392 e. The van der Waals surface area contributed by atoms with E-state index in [0.29, 0.717) is 5.25 Å². The Morgan fingerprint density at radius 2 is 2.24 bits per heavy atom. The van der Waals surface area contributed by atoms with Crippen LogP contribution in [-0.4, -0.2) is 22.4 Å². The molecule has 3 nitrogen and oxygen atoms in total. The summed E-state index contributed by atoms with van der Waals surface area (Å²) in [5.41, 5.74) is 1.93. The van der Waals surface area contributed by atoms with Crippen LogP contribution in [0.1, 0.15) is 45.1 Å². The summed E-state index contributed by atoms with van der Waals surface area (Å²) in [5.74, 6) is -0.302. The lowest BCUT2D eigenvalue weighted by molar-refractivity contribution is -0.122. The maximum Gasteiger partial charge on any atom is 0.230 e. The summed E-state index contributed by atoms with van der Waals surface area (Å²) < 4.78 is 0. The van der Waals surface area contributed by atoms with Crippen LogP contribution in [0.2, 0.25) is 0 Å². The molecule has 4 heteroatoms. The molecule has 2 N–H and O–H groups in total. The summed E-state index contributed by atoms with van der Waals surface area (Å²) in [7, 11) is 0. The first-order chi connectivity index (χ1) is 10.0. The van der Waals surface area contributed by atoms with Crippen LogP contribution in [0.4, 0.5) is 5.69 Å². The van der Waals surface area contributed by atoms with Gasteiger partial charge in [-0.2, -0.15) is 0 Å². The molecule has 0 aliphatic heterocycles. The van der Waals surface area contributed by atoms with E-state index in [2.05, 4.69) is 31.3 Å². The molecule has 3 atom stereocenters. The number of nitrogens with one attached hydrogen (secondary N) is 1. The van der Waals surface area contributed by atoms with Crippen molar-refractivity contribution >= 4 is 23.4 Å². The van der Waals surface area contributed by atoms with E-state index in [1.54, 1.807) is 0 Å². The van der Waals surface area contributed by atoms with Crippen molar-refractivity contribution in [1.82, 2.24) is 0 Å². The van der Waals surface area contributed by atoms with Crippen molar-refractivity contribution in [3.8, 4) is 0 Å². The lowest BCUT2D eigenvalue weighted by atomic mass is 10.0. The van der Waals surface area contributed by atoms with Gasteiger partial charge in [0.15, 0.2) is 0 Å². The summed E-state index contributed by atoms with van der Waals surface area (Å²) in [6.45, 7) is 6.42. The Kier molecular flexibility index (Phi) is 5.71. The van der Waals surface area contributed by atoms with E-state index in [0.717, 1.165) is 36.9 Å². The SMILES string of the molecule is CCC(C)Sc1ccc(NC(=O)C2CCCC2O)c(C)c1. The third kappa shape index (κ3) is 4.24. The van der Waals surface area contributed by atoms with E-state index in [9.17, 15) is 9.90 Å². The first kappa shape index (κ1) is 16.4. The fraction of sp³-hybridized carbons (Fsp3) is 0.588. The Labute approximate surface area is 131 Å². The average Bonchev–Trinajstić information content (AvgIpc) is 2.88. The highest BCUT2D eigenvalue weighted by molar-refractivity contribution is 7.99. The molecule has 1 aliphatic rings. The van der Waals surface area contributed by atoms with Crippen molar-refractivity contribution in [2.75, 3.05) is 5.32 Å². The summed E-state index contributed by atoms with van der Waals surface area (Å²) >= 11 is 1.86. The highest BCUT2D eigenvalue weighted by atomic mass is 32.2. The summed E-state index contributed by atoms with van der Waals surface area (Å²) in [6.07, 6.45) is 3.12. The van der Waals surface area contributed by atoms with Crippen LogP contribution >= 0.6 is 11.8 Å². The number of hydrogen-bond donors (Lipinski definition) is 2. The minimum absolute atomic E-state index is 0.0505. The van der Waals surface area contributed by atoms with Crippen LogP contribution in [-0.2, 0) is 4.79 Å². The Balaban J connectivity index is 2.02. The molecule has 1 amide bonds. The molecule has 21 heavy (non-hydrogen) atoms. The van der Waals surface area contributed by atoms with Gasteiger partial charge >= 0.3 is 0 Å². The van der Waals surface area contributed by atoms with Crippen LogP contribution in [0.5, 0.6) is 0 Å². The van der Waals surface area contributed by atoms with E-state index in [-0.39, 0.29) is 11.8 Å². The van der Waals surface area contributed by atoms with Gasteiger partial charge in [0.25, 0.3) is 0 Å². The molecule has 3 unspecified atom stereocenters. The molecule has 0 spiro atoms. The van der Waals surface area contributed by atoms with E-state index in [1.807, 2.05) is 24.8 Å². The van der Waals surface area contributed by atoms with Gasteiger partial charge in [-0.25, -0.2) is 0 Å². The van der Waals surface area contributed by atoms with Crippen LogP contribution in [0.3, 0.4) is 0 Å². The second-order valence-corrected chi connectivity index (χ2v) is 7.42. The summed E-state index contributed by atoms with van der Waals surface area (Å²) in [6, 6.07) is 6.15. The molecule has 2 rings (SSSR count). The van der Waals surface area contributed by atoms with Gasteiger partial charge < -0.3 is 10.4 Å². The van der Waals surface area contributed by atoms with Gasteiger partial charge in [0.2, 0.25) is 5.91 Å². The predicted octanol–water partition coefficient (Wildman–Crippen LogP) is 3.99. The molecule has 0 bridgehead atoms. The zero-order valence-corrected chi connectivity index (χ0v) is 13.9. The molecular formula is C17H25NO2S. The van der Waals surface area contributed by atoms with E-state index in [1.165, 1.54) is 4.90 Å². The van der Waals surface area contributed by atoms with E-state index in [4.69, 9.17) is 0 Å². The van der Waals surface area contributed by atoms with Gasteiger partial charge in [-0.15, -0.1) is 11.8 Å². The Hall–Kier alpha value is -1.00. The smallest absolute Gasteiger partial charge is 0.230 e. The number of thioether (sulfide) groups is 1. The number of carbonyl (C=O) groups is 1. The molecule has 0 heterocycles. The normalized spacial score (nSPS) is 23.0. The number of aliphatic hydroxyl groups is 1. The first-order valence-electron chi connectivity index (χ1n) is 7.77. The van der Waals surface area contributed by atoms with Crippen LogP contribution in [0.25, 0.3) is 0 Å². The third-order valence-electron chi connectivity index (χ3n) is 4.18. The number of rotatable bonds is 5. The number of carbonyl (C=O) groups excluding carboxylic acids is 1. The van der Waals surface area contributed by atoms with Crippen LogP contribution in [0.15, 0.2) is 23.1 Å². The second-order valence-electron chi connectivity index (χ2n) is 5.91. The zero-order valence-electron chi connectivity index (χ0n) is 13.1. The minimum atomic E-state index is -0.481. The highest BCUT2D eigenvalue weighted by Crippen LogP contribution is 2.30. The molecular weight excluding hydrogens is 282 g/mol. The quantitative estimate of drug-likeness (QED) is 0.809. The fourth-order valence-corrected chi connectivity index (χ4v) is 3.66. The Morgan fingerprint density at radius 3 is 2.81 bits per heavy atom. The second kappa shape index (κ2) is 7.32. The molecule has 1 saturated carbocycles. The monoisotopic (exact) mass is 307 g/mol. The number of amides is 1. The molecule has 1 aromatic rings. The van der Waals surface area contributed by atoms with Crippen molar-refractivity contribution < 1.29 is 9.90 Å². The topological polar surface area (TPSA) is 49.3 Å². The molecule has 1 aliphatic carbocycles. The average molecular weight is 307 g/mol. The highest BCUT2D eigenvalue weighted by Gasteiger charge is 2.31. The van der Waals surface area contributed by atoms with Crippen molar-refractivity contribution in [3.05, 3.63) is 23.8 Å². The van der Waals surface area contributed by atoms with E-state index < -0.39 is 6.10 Å². The number of hydrogen-bond acceptors (Lipinski definition) is 3. The van der Waals surface area contributed by atoms with Crippen LogP contribution in [0, 0.1) is 12.8 Å². The van der Waals surface area contributed by atoms with Gasteiger partial charge in [0.05, 0.1) is 12.0 Å². The van der Waals surface area contributed by atoms with Gasteiger partial charge in [-0.05, 0) is 56.4 Å². The molecule has 0 saturated heterocycles. The number of benzene rings is 1. The summed E-state index contributed by atoms with van der Waals surface area (Å²) in [5, 5.41) is 13.4. The predicted molar refractivity (Wildman–Crippen MR) is 88.8 cm³/mol. The van der Waals surface area contributed by atoms with Crippen molar-refractivity contribution in [2.45, 2.75) is 62.7 Å². The van der Waals surface area contributed by atoms with Gasteiger partial charge in [0, 0.05) is 15.8 Å². The van der Waals surface area contributed by atoms with Crippen molar-refractivity contribution in [1.29, 1.82) is 0 Å². The molecule has 0 radical (unpaired) electrons. The van der Waals surface area contributed by atoms with Crippen LogP contribution < -0.4 is 5.32 Å². The fourth-order valence-electron chi connectivity index (χ4n) is 2.64. The van der Waals surface area contributed by atoms with Crippen molar-refractivity contribution in [3.63, 3.8) is 0 Å². The first-order valence-corrected chi connectivity index (χ1v) is 8.65. The number of aryl methyl sites for hydroxylation is 1. The zero-order chi connectivity index (χ0) is 15.4. The maximum atomic E-state index is 12.2. The number of anilines is 1. The lowest BCUT2D eigenvalue weighted by Crippen LogP contribution is -2.28. The molecule has 1 fully saturated rings. The van der Waals surface area contributed by atoms with Gasteiger partial charge in [-0.1, -0.05) is 13.8 Å².